The van der Waals surface area contributed by atoms with Crippen LogP contribution >= 0.6 is 0 Å². The van der Waals surface area contributed by atoms with Crippen molar-refractivity contribution in [2.24, 2.45) is 0 Å². The zero-order valence-corrected chi connectivity index (χ0v) is 10.5. The van der Waals surface area contributed by atoms with Gasteiger partial charge in [0.1, 0.15) is 5.58 Å². The van der Waals surface area contributed by atoms with Crippen molar-refractivity contribution in [3.63, 3.8) is 0 Å². The molecule has 1 N–H and O–H groups in total. The summed E-state index contributed by atoms with van der Waals surface area (Å²) < 4.78 is 11.0. The number of hydrogen-bond acceptors (Lipinski definition) is 3. The number of aromatic carboxylic acids is 1. The van der Waals surface area contributed by atoms with Crippen molar-refractivity contribution >= 4 is 16.9 Å². The third kappa shape index (κ3) is 2.38. The van der Waals surface area contributed by atoms with Gasteiger partial charge in [-0.25, -0.2) is 4.79 Å². The first kappa shape index (κ1) is 12.6. The second-order valence-corrected chi connectivity index (χ2v) is 4.24. The van der Waals surface area contributed by atoms with Crippen molar-refractivity contribution in [3.8, 4) is 0 Å². The summed E-state index contributed by atoms with van der Waals surface area (Å²) in [5.41, 5.74) is 1.19. The Bertz CT molecular complexity index is 556. The minimum absolute atomic E-state index is 0.0282. The number of para-hydroxylation sites is 1. The van der Waals surface area contributed by atoms with Crippen molar-refractivity contribution in [1.29, 1.82) is 0 Å². The largest absolute Gasteiger partial charge is 0.475 e. The maximum absolute atomic E-state index is 11.2. The molecular formula is C14H16O4. The highest BCUT2D eigenvalue weighted by Crippen LogP contribution is 2.27. The Morgan fingerprint density at radius 2 is 2.17 bits per heavy atom. The van der Waals surface area contributed by atoms with Gasteiger partial charge in [-0.15, -0.1) is 0 Å². The van der Waals surface area contributed by atoms with Gasteiger partial charge >= 0.3 is 5.97 Å². The highest BCUT2D eigenvalue weighted by molar-refractivity contribution is 5.94. The van der Waals surface area contributed by atoms with Crippen molar-refractivity contribution in [1.82, 2.24) is 0 Å². The summed E-state index contributed by atoms with van der Waals surface area (Å²) in [5.74, 6) is -1.09. The third-order valence-corrected chi connectivity index (χ3v) is 2.98. The molecule has 0 fully saturated rings. The monoisotopic (exact) mass is 248 g/mol. The summed E-state index contributed by atoms with van der Waals surface area (Å²) in [6.45, 7) is 4.24. The van der Waals surface area contributed by atoms with Gasteiger partial charge in [0.05, 0.1) is 12.7 Å². The zero-order valence-electron chi connectivity index (χ0n) is 10.5. The molecule has 1 heterocycles. The lowest BCUT2D eigenvalue weighted by Crippen LogP contribution is -2.08. The Morgan fingerprint density at radius 3 is 2.83 bits per heavy atom. The van der Waals surface area contributed by atoms with Crippen molar-refractivity contribution in [2.75, 3.05) is 0 Å². The molecule has 2 aromatic rings. The number of hydrogen-bond donors (Lipinski definition) is 1. The average molecular weight is 248 g/mol. The van der Waals surface area contributed by atoms with Gasteiger partial charge in [0.2, 0.25) is 5.76 Å². The number of ether oxygens (including phenoxy) is 1. The van der Waals surface area contributed by atoms with Crippen LogP contribution in [0, 0.1) is 0 Å². The molecule has 0 spiro atoms. The van der Waals surface area contributed by atoms with E-state index in [0.29, 0.717) is 11.1 Å². The van der Waals surface area contributed by atoms with Crippen molar-refractivity contribution in [2.45, 2.75) is 33.0 Å². The minimum atomic E-state index is -1.06. The maximum Gasteiger partial charge on any atom is 0.372 e. The fourth-order valence-electron chi connectivity index (χ4n) is 1.76. The van der Waals surface area contributed by atoms with Crippen molar-refractivity contribution < 1.29 is 19.1 Å². The molecule has 96 valence electrons. The molecule has 0 saturated carbocycles. The van der Waals surface area contributed by atoms with E-state index >= 15 is 0 Å². The van der Waals surface area contributed by atoms with Crippen LogP contribution in [0.5, 0.6) is 0 Å². The smallest absolute Gasteiger partial charge is 0.372 e. The molecule has 0 aliphatic heterocycles. The van der Waals surface area contributed by atoms with Gasteiger partial charge in [0, 0.05) is 10.9 Å². The summed E-state index contributed by atoms with van der Waals surface area (Å²) in [6, 6.07) is 7.28. The molecule has 4 heteroatoms. The second kappa shape index (κ2) is 5.23. The third-order valence-electron chi connectivity index (χ3n) is 2.98. The molecular weight excluding hydrogens is 232 g/mol. The number of fused-ring (bicyclic) bond motifs is 1. The summed E-state index contributed by atoms with van der Waals surface area (Å²) in [4.78, 5) is 11.2. The molecule has 0 bridgehead atoms. The lowest BCUT2D eigenvalue weighted by atomic mass is 10.1. The van der Waals surface area contributed by atoms with Crippen LogP contribution in [0.1, 0.15) is 36.4 Å². The number of carboxylic acid groups (broad SMARTS) is 1. The Balaban J connectivity index is 2.39. The van der Waals surface area contributed by atoms with E-state index in [9.17, 15) is 4.79 Å². The highest BCUT2D eigenvalue weighted by Gasteiger charge is 2.20. The standard InChI is InChI=1S/C14H16O4/c1-3-9(2)17-8-11-10-6-4-5-7-12(10)18-13(11)14(15)16/h4-7,9H,3,8H2,1-2H3,(H,15,16). The Hall–Kier alpha value is -1.81. The van der Waals surface area contributed by atoms with E-state index < -0.39 is 5.97 Å². The molecule has 0 aliphatic rings. The number of benzene rings is 1. The molecule has 1 aromatic heterocycles. The summed E-state index contributed by atoms with van der Waals surface area (Å²) in [7, 11) is 0. The molecule has 2 rings (SSSR count). The van der Waals surface area contributed by atoms with Gasteiger partial charge in [-0.05, 0) is 19.4 Å². The lowest BCUT2D eigenvalue weighted by molar-refractivity contribution is 0.0480. The van der Waals surface area contributed by atoms with Gasteiger partial charge in [0.25, 0.3) is 0 Å². The summed E-state index contributed by atoms with van der Waals surface area (Å²) >= 11 is 0. The number of carboxylic acids is 1. The van der Waals surface area contributed by atoms with Crippen molar-refractivity contribution in [3.05, 3.63) is 35.6 Å². The van der Waals surface area contributed by atoms with E-state index in [1.807, 2.05) is 32.0 Å². The van der Waals surface area contributed by atoms with E-state index in [2.05, 4.69) is 0 Å². The first-order valence-corrected chi connectivity index (χ1v) is 5.98. The molecule has 18 heavy (non-hydrogen) atoms. The second-order valence-electron chi connectivity index (χ2n) is 4.24. The summed E-state index contributed by atoms with van der Waals surface area (Å²) in [5, 5.41) is 9.94. The topological polar surface area (TPSA) is 59.7 Å². The number of carbonyl (C=O) groups is 1. The predicted octanol–water partition coefficient (Wildman–Crippen LogP) is 3.45. The van der Waals surface area contributed by atoms with Gasteiger partial charge < -0.3 is 14.3 Å². The van der Waals surface area contributed by atoms with Gasteiger partial charge in [0.15, 0.2) is 0 Å². The van der Waals surface area contributed by atoms with Crippen LogP contribution in [0.3, 0.4) is 0 Å². The molecule has 0 radical (unpaired) electrons. The Labute approximate surface area is 105 Å². The minimum Gasteiger partial charge on any atom is -0.475 e. The van der Waals surface area contributed by atoms with Crippen LogP contribution in [-0.2, 0) is 11.3 Å². The molecule has 0 aliphatic carbocycles. The molecule has 1 unspecified atom stereocenters. The SMILES string of the molecule is CCC(C)OCc1c(C(=O)O)oc2ccccc12. The molecule has 1 aromatic carbocycles. The maximum atomic E-state index is 11.2. The van der Waals surface area contributed by atoms with Crippen LogP contribution < -0.4 is 0 Å². The van der Waals surface area contributed by atoms with Crippen LogP contribution in [0.4, 0.5) is 0 Å². The highest BCUT2D eigenvalue weighted by atomic mass is 16.5. The molecule has 0 saturated heterocycles. The fourth-order valence-corrected chi connectivity index (χ4v) is 1.76. The van der Waals surface area contributed by atoms with Crippen LogP contribution in [0.2, 0.25) is 0 Å². The van der Waals surface area contributed by atoms with E-state index in [-0.39, 0.29) is 18.5 Å². The van der Waals surface area contributed by atoms with E-state index in [0.717, 1.165) is 11.8 Å². The van der Waals surface area contributed by atoms with Crippen LogP contribution in [0.25, 0.3) is 11.0 Å². The van der Waals surface area contributed by atoms with E-state index in [1.54, 1.807) is 6.07 Å². The lowest BCUT2D eigenvalue weighted by Gasteiger charge is -2.09. The molecule has 0 amide bonds. The Morgan fingerprint density at radius 1 is 1.44 bits per heavy atom. The first-order chi connectivity index (χ1) is 8.63. The Kier molecular flexibility index (Phi) is 3.67. The fraction of sp³-hybridized carbons (Fsp3) is 0.357. The van der Waals surface area contributed by atoms with Crippen LogP contribution in [-0.4, -0.2) is 17.2 Å². The number of rotatable bonds is 5. The van der Waals surface area contributed by atoms with Gasteiger partial charge in [-0.3, -0.25) is 0 Å². The molecule has 4 nitrogen and oxygen atoms in total. The first-order valence-electron chi connectivity index (χ1n) is 5.98. The van der Waals surface area contributed by atoms with E-state index in [4.69, 9.17) is 14.3 Å². The number of furan rings is 1. The average Bonchev–Trinajstić information content (AvgIpc) is 2.75. The normalized spacial score (nSPS) is 12.8. The summed E-state index contributed by atoms with van der Waals surface area (Å²) in [6.07, 6.45) is 0.985. The quantitative estimate of drug-likeness (QED) is 0.880. The van der Waals surface area contributed by atoms with Gasteiger partial charge in [-0.1, -0.05) is 25.1 Å². The molecule has 1 atom stereocenters. The van der Waals surface area contributed by atoms with E-state index in [1.165, 1.54) is 0 Å². The van der Waals surface area contributed by atoms with Crippen LogP contribution in [0.15, 0.2) is 28.7 Å². The van der Waals surface area contributed by atoms with Gasteiger partial charge in [-0.2, -0.15) is 0 Å². The zero-order chi connectivity index (χ0) is 13.1. The predicted molar refractivity (Wildman–Crippen MR) is 67.7 cm³/mol.